The third-order valence-electron chi connectivity index (χ3n) is 4.61. The molecule has 146 valence electrons. The number of ether oxygens (including phenoxy) is 3. The van der Waals surface area contributed by atoms with E-state index in [0.29, 0.717) is 17.1 Å². The summed E-state index contributed by atoms with van der Waals surface area (Å²) >= 11 is 0. The van der Waals surface area contributed by atoms with Crippen molar-refractivity contribution in [3.63, 3.8) is 0 Å². The average molecular weight is 376 g/mol. The highest BCUT2D eigenvalue weighted by molar-refractivity contribution is 5.96. The first-order valence-electron chi connectivity index (χ1n) is 9.24. The molecule has 0 unspecified atom stereocenters. The molecule has 0 atom stereocenters. The topological polar surface area (TPSA) is 103 Å². The van der Waals surface area contributed by atoms with Gasteiger partial charge in [0.2, 0.25) is 6.79 Å². The zero-order valence-electron chi connectivity index (χ0n) is 15.1. The number of benzene rings is 1. The molecule has 1 aromatic carbocycles. The van der Waals surface area contributed by atoms with Crippen molar-refractivity contribution < 1.29 is 28.6 Å². The van der Waals surface area contributed by atoms with E-state index < -0.39 is 11.9 Å². The Kier molecular flexibility index (Phi) is 6.51. The molecule has 0 radical (unpaired) electrons. The lowest BCUT2D eigenvalue weighted by molar-refractivity contribution is -0.147. The molecule has 1 aliphatic carbocycles. The van der Waals surface area contributed by atoms with Crippen LogP contribution in [0.5, 0.6) is 11.5 Å². The number of esters is 1. The number of nitrogens with one attached hydrogen (secondary N) is 2. The van der Waals surface area contributed by atoms with Gasteiger partial charge in [-0.25, -0.2) is 0 Å². The van der Waals surface area contributed by atoms with Gasteiger partial charge in [-0.3, -0.25) is 14.4 Å². The second-order valence-corrected chi connectivity index (χ2v) is 6.67. The first-order valence-corrected chi connectivity index (χ1v) is 9.24. The lowest BCUT2D eigenvalue weighted by Crippen LogP contribution is -2.38. The highest BCUT2D eigenvalue weighted by Gasteiger charge is 2.18. The summed E-state index contributed by atoms with van der Waals surface area (Å²) in [4.78, 5) is 35.7. The summed E-state index contributed by atoms with van der Waals surface area (Å²) in [6.45, 7) is -0.533. The van der Waals surface area contributed by atoms with Crippen molar-refractivity contribution >= 4 is 17.8 Å². The van der Waals surface area contributed by atoms with Gasteiger partial charge in [-0.15, -0.1) is 0 Å². The number of amides is 2. The fourth-order valence-electron chi connectivity index (χ4n) is 3.18. The van der Waals surface area contributed by atoms with Crippen molar-refractivity contribution in [2.24, 2.45) is 0 Å². The molecule has 0 spiro atoms. The second-order valence-electron chi connectivity index (χ2n) is 6.67. The predicted octanol–water partition coefficient (Wildman–Crippen LogP) is 1.53. The molecule has 1 aromatic rings. The quantitative estimate of drug-likeness (QED) is 0.577. The van der Waals surface area contributed by atoms with Crippen LogP contribution in [0.15, 0.2) is 18.2 Å². The number of carbonyl (C=O) groups excluding carboxylic acids is 3. The minimum Gasteiger partial charge on any atom is -0.454 e. The van der Waals surface area contributed by atoms with E-state index in [1.807, 2.05) is 0 Å². The zero-order valence-corrected chi connectivity index (χ0v) is 15.1. The molecule has 2 N–H and O–H groups in total. The summed E-state index contributed by atoms with van der Waals surface area (Å²) < 4.78 is 15.3. The third-order valence-corrected chi connectivity index (χ3v) is 4.61. The van der Waals surface area contributed by atoms with Crippen molar-refractivity contribution in [1.82, 2.24) is 10.6 Å². The Morgan fingerprint density at radius 1 is 1.04 bits per heavy atom. The molecule has 2 aliphatic rings. The molecular weight excluding hydrogens is 352 g/mol. The van der Waals surface area contributed by atoms with Gasteiger partial charge in [0.05, 0.1) is 0 Å². The molecule has 27 heavy (non-hydrogen) atoms. The van der Waals surface area contributed by atoms with E-state index in [1.54, 1.807) is 18.2 Å². The fourth-order valence-corrected chi connectivity index (χ4v) is 3.18. The Hall–Kier alpha value is -2.77. The fraction of sp³-hybridized carbons (Fsp3) is 0.526. The zero-order chi connectivity index (χ0) is 19.1. The summed E-state index contributed by atoms with van der Waals surface area (Å²) in [5.41, 5.74) is 0.346. The van der Waals surface area contributed by atoms with E-state index in [-0.39, 0.29) is 31.9 Å². The highest BCUT2D eigenvalue weighted by Crippen LogP contribution is 2.32. The predicted molar refractivity (Wildman–Crippen MR) is 95.5 cm³/mol. The van der Waals surface area contributed by atoms with Crippen molar-refractivity contribution in [2.75, 3.05) is 19.9 Å². The molecular formula is C19H24N2O6. The minimum atomic E-state index is -0.667. The maximum atomic E-state index is 12.1. The van der Waals surface area contributed by atoms with Crippen molar-refractivity contribution in [3.05, 3.63) is 23.8 Å². The number of rotatable bonds is 6. The molecule has 0 saturated heterocycles. The first-order chi connectivity index (χ1) is 13.1. The SMILES string of the molecule is O=C(COC(=O)CNC(=O)c1ccc2c(c1)OCO2)NC1CCCCCC1. The van der Waals surface area contributed by atoms with Crippen LogP contribution in [-0.4, -0.2) is 43.8 Å². The summed E-state index contributed by atoms with van der Waals surface area (Å²) in [7, 11) is 0. The van der Waals surface area contributed by atoms with Gasteiger partial charge in [-0.1, -0.05) is 25.7 Å². The highest BCUT2D eigenvalue weighted by atomic mass is 16.7. The van der Waals surface area contributed by atoms with E-state index in [2.05, 4.69) is 10.6 Å². The van der Waals surface area contributed by atoms with Crippen molar-refractivity contribution in [2.45, 2.75) is 44.6 Å². The van der Waals surface area contributed by atoms with E-state index in [0.717, 1.165) is 25.7 Å². The van der Waals surface area contributed by atoms with Crippen LogP contribution in [0, 0.1) is 0 Å². The number of hydrogen-bond acceptors (Lipinski definition) is 6. The summed E-state index contributed by atoms with van der Waals surface area (Å²) in [6.07, 6.45) is 6.54. The maximum absolute atomic E-state index is 12.1. The Bertz CT molecular complexity index is 697. The average Bonchev–Trinajstić information content (AvgIpc) is 3.00. The van der Waals surface area contributed by atoms with Crippen LogP contribution < -0.4 is 20.1 Å². The molecule has 1 fully saturated rings. The maximum Gasteiger partial charge on any atom is 0.325 e. The first kappa shape index (κ1) is 19.0. The van der Waals surface area contributed by atoms with E-state index >= 15 is 0 Å². The normalized spacial score (nSPS) is 16.3. The van der Waals surface area contributed by atoms with Crippen molar-refractivity contribution in [3.8, 4) is 11.5 Å². The molecule has 0 bridgehead atoms. The summed E-state index contributed by atoms with van der Waals surface area (Å²) in [5.74, 6) is -0.350. The molecule has 2 amide bonds. The van der Waals surface area contributed by atoms with Crippen molar-refractivity contribution in [1.29, 1.82) is 0 Å². The van der Waals surface area contributed by atoms with Crippen LogP contribution in [0.25, 0.3) is 0 Å². The largest absolute Gasteiger partial charge is 0.454 e. The molecule has 1 aliphatic heterocycles. The van der Waals surface area contributed by atoms with Gasteiger partial charge in [0.25, 0.3) is 11.8 Å². The van der Waals surface area contributed by atoms with Gasteiger partial charge in [-0.2, -0.15) is 0 Å². The lowest BCUT2D eigenvalue weighted by atomic mass is 10.1. The third kappa shape index (κ3) is 5.60. The van der Waals surface area contributed by atoms with Gasteiger partial charge in [0.1, 0.15) is 6.54 Å². The summed E-state index contributed by atoms with van der Waals surface area (Å²) in [6, 6.07) is 4.91. The molecule has 1 heterocycles. The van der Waals surface area contributed by atoms with E-state index in [4.69, 9.17) is 14.2 Å². The summed E-state index contributed by atoms with van der Waals surface area (Å²) in [5, 5.41) is 5.36. The second kappa shape index (κ2) is 9.25. The van der Waals surface area contributed by atoms with Crippen LogP contribution in [-0.2, 0) is 14.3 Å². The monoisotopic (exact) mass is 376 g/mol. The molecule has 0 aromatic heterocycles. The lowest BCUT2D eigenvalue weighted by Gasteiger charge is -2.16. The van der Waals surface area contributed by atoms with Crippen LogP contribution >= 0.6 is 0 Å². The number of carbonyl (C=O) groups is 3. The smallest absolute Gasteiger partial charge is 0.325 e. The van der Waals surface area contributed by atoms with Gasteiger partial charge in [0, 0.05) is 11.6 Å². The Morgan fingerprint density at radius 2 is 1.78 bits per heavy atom. The van der Waals surface area contributed by atoms with Gasteiger partial charge in [-0.05, 0) is 31.0 Å². The van der Waals surface area contributed by atoms with Gasteiger partial charge < -0.3 is 24.8 Å². The molecule has 8 heteroatoms. The number of fused-ring (bicyclic) bond motifs is 1. The van der Waals surface area contributed by atoms with E-state index in [1.165, 1.54) is 12.8 Å². The molecule has 1 saturated carbocycles. The Morgan fingerprint density at radius 3 is 2.56 bits per heavy atom. The molecule has 3 rings (SSSR count). The standard InChI is InChI=1S/C19H24N2O6/c22-17(21-14-5-3-1-2-4-6-14)11-25-18(23)10-20-19(24)13-7-8-15-16(9-13)27-12-26-15/h7-9,14H,1-6,10-12H2,(H,20,24)(H,21,22). The van der Waals surface area contributed by atoms with Crippen LogP contribution in [0.1, 0.15) is 48.9 Å². The van der Waals surface area contributed by atoms with Crippen LogP contribution in [0.3, 0.4) is 0 Å². The molecule has 8 nitrogen and oxygen atoms in total. The minimum absolute atomic E-state index is 0.121. The van der Waals surface area contributed by atoms with Crippen LogP contribution in [0.2, 0.25) is 0 Å². The van der Waals surface area contributed by atoms with E-state index in [9.17, 15) is 14.4 Å². The van der Waals surface area contributed by atoms with Crippen LogP contribution in [0.4, 0.5) is 0 Å². The van der Waals surface area contributed by atoms with Gasteiger partial charge >= 0.3 is 5.97 Å². The Balaban J connectivity index is 1.36. The van der Waals surface area contributed by atoms with Gasteiger partial charge in [0.15, 0.2) is 18.1 Å². The number of hydrogen-bond donors (Lipinski definition) is 2. The Labute approximate surface area is 157 Å².